The maximum atomic E-state index is 4.89. The van der Waals surface area contributed by atoms with Gasteiger partial charge in [-0.15, -0.1) is 0 Å². The van der Waals surface area contributed by atoms with E-state index in [1.54, 1.807) is 0 Å². The third-order valence-electron chi connectivity index (χ3n) is 5.41. The smallest absolute Gasteiger partial charge is 0.235 e. The molecule has 2 aromatic heterocycles. The summed E-state index contributed by atoms with van der Waals surface area (Å²) in [6.07, 6.45) is 4.08. The summed E-state index contributed by atoms with van der Waals surface area (Å²) in [5, 5.41) is 2.70. The van der Waals surface area contributed by atoms with E-state index in [-0.39, 0.29) is 0 Å². The summed E-state index contributed by atoms with van der Waals surface area (Å²) in [6, 6.07) is 13.2. The highest BCUT2D eigenvalue weighted by atomic mass is 15.2. The van der Waals surface area contributed by atoms with Crippen molar-refractivity contribution in [2.45, 2.75) is 26.7 Å². The maximum Gasteiger partial charge on any atom is 0.314 e. The molecule has 0 fully saturated rings. The van der Waals surface area contributed by atoms with E-state index in [9.17, 15) is 0 Å². The van der Waals surface area contributed by atoms with Gasteiger partial charge in [0.05, 0.1) is 19.7 Å². The molecular weight excluding hydrogens is 294 g/mol. The molecule has 0 radical (unpaired) electrons. The molecule has 24 heavy (non-hydrogen) atoms. The molecule has 3 heteroatoms. The Morgan fingerprint density at radius 3 is 2.83 bits per heavy atom. The summed E-state index contributed by atoms with van der Waals surface area (Å²) in [7, 11) is 2.10. The lowest BCUT2D eigenvalue weighted by Crippen LogP contribution is -2.30. The van der Waals surface area contributed by atoms with E-state index in [0.29, 0.717) is 0 Å². The fourth-order valence-corrected chi connectivity index (χ4v) is 4.22. The van der Waals surface area contributed by atoms with Crippen molar-refractivity contribution in [2.75, 3.05) is 0 Å². The van der Waals surface area contributed by atoms with Crippen molar-refractivity contribution in [2.24, 2.45) is 7.05 Å². The number of aryl methyl sites for hydroxylation is 3. The number of rotatable bonds is 1. The first kappa shape index (κ1) is 13.7. The maximum absolute atomic E-state index is 4.89. The topological polar surface area (TPSA) is 21.7 Å². The van der Waals surface area contributed by atoms with Crippen LogP contribution in [0.3, 0.4) is 0 Å². The summed E-state index contributed by atoms with van der Waals surface area (Å²) in [4.78, 5) is 4.89. The zero-order valence-corrected chi connectivity index (χ0v) is 14.3. The van der Waals surface area contributed by atoms with Crippen molar-refractivity contribution in [1.82, 2.24) is 9.55 Å². The van der Waals surface area contributed by atoms with Gasteiger partial charge in [-0.25, -0.2) is 9.55 Å². The van der Waals surface area contributed by atoms with Crippen molar-refractivity contribution in [3.05, 3.63) is 65.1 Å². The Morgan fingerprint density at radius 1 is 1.17 bits per heavy atom. The second-order valence-electron chi connectivity index (χ2n) is 6.74. The van der Waals surface area contributed by atoms with Gasteiger partial charge in [-0.05, 0) is 42.0 Å². The highest BCUT2D eigenvalue weighted by molar-refractivity contribution is 5.97. The number of fused-ring (bicyclic) bond motifs is 7. The van der Waals surface area contributed by atoms with Crippen LogP contribution in [-0.4, -0.2) is 9.55 Å². The van der Waals surface area contributed by atoms with E-state index in [1.165, 1.54) is 38.8 Å². The monoisotopic (exact) mass is 314 g/mol. The summed E-state index contributed by atoms with van der Waals surface area (Å²) >= 11 is 0. The molecule has 0 N–H and O–H groups in total. The van der Waals surface area contributed by atoms with Gasteiger partial charge >= 0.3 is 5.65 Å². The van der Waals surface area contributed by atoms with E-state index >= 15 is 0 Å². The minimum absolute atomic E-state index is 0.912. The van der Waals surface area contributed by atoms with Gasteiger partial charge in [0.25, 0.3) is 0 Å². The molecule has 0 unspecified atom stereocenters. The average molecular weight is 314 g/mol. The molecule has 5 rings (SSSR count). The van der Waals surface area contributed by atoms with E-state index in [0.717, 1.165) is 24.2 Å². The zero-order valence-electron chi connectivity index (χ0n) is 14.3. The summed E-state index contributed by atoms with van der Waals surface area (Å²) in [5.74, 6) is 1.15. The SMILES string of the molecule is CCc1ccc2ccc3c(c2c1C)-n1c(nc2ccc[n+](C)c21)C3. The van der Waals surface area contributed by atoms with E-state index in [1.807, 2.05) is 0 Å². The van der Waals surface area contributed by atoms with Crippen molar-refractivity contribution < 1.29 is 4.57 Å². The lowest BCUT2D eigenvalue weighted by Gasteiger charge is -2.11. The molecule has 3 nitrogen and oxygen atoms in total. The molecule has 0 saturated carbocycles. The molecule has 0 atom stereocenters. The molecule has 0 amide bonds. The van der Waals surface area contributed by atoms with Crippen LogP contribution in [0.4, 0.5) is 0 Å². The molecule has 0 saturated heterocycles. The molecule has 0 bridgehead atoms. The van der Waals surface area contributed by atoms with Crippen molar-refractivity contribution in [3.8, 4) is 5.69 Å². The highest BCUT2D eigenvalue weighted by Gasteiger charge is 2.32. The van der Waals surface area contributed by atoms with Crippen LogP contribution in [0.5, 0.6) is 0 Å². The van der Waals surface area contributed by atoms with E-state index in [4.69, 9.17) is 4.98 Å². The van der Waals surface area contributed by atoms with Crippen molar-refractivity contribution in [1.29, 1.82) is 0 Å². The van der Waals surface area contributed by atoms with Gasteiger partial charge < -0.3 is 0 Å². The van der Waals surface area contributed by atoms with Crippen molar-refractivity contribution >= 4 is 21.9 Å². The van der Waals surface area contributed by atoms with Gasteiger partial charge in [0, 0.05) is 10.9 Å². The predicted molar refractivity (Wildman–Crippen MR) is 96.7 cm³/mol. The first-order valence-electron chi connectivity index (χ1n) is 8.59. The lowest BCUT2D eigenvalue weighted by molar-refractivity contribution is -0.647. The fourth-order valence-electron chi connectivity index (χ4n) is 4.22. The predicted octanol–water partition coefficient (Wildman–Crippen LogP) is 3.78. The van der Waals surface area contributed by atoms with E-state index < -0.39 is 0 Å². The Balaban J connectivity index is 1.98. The molecular formula is C21H20N3+. The Labute approximate surface area is 141 Å². The number of nitrogens with zero attached hydrogens (tertiary/aromatic N) is 3. The second-order valence-corrected chi connectivity index (χ2v) is 6.74. The van der Waals surface area contributed by atoms with Crippen LogP contribution >= 0.6 is 0 Å². The first-order valence-corrected chi connectivity index (χ1v) is 8.59. The summed E-state index contributed by atoms with van der Waals surface area (Å²) < 4.78 is 4.55. The van der Waals surface area contributed by atoms with Crippen LogP contribution in [0.25, 0.3) is 27.6 Å². The van der Waals surface area contributed by atoms with Gasteiger partial charge in [-0.1, -0.05) is 31.2 Å². The summed E-state index contributed by atoms with van der Waals surface area (Å²) in [6.45, 7) is 4.49. The number of hydrogen-bond acceptors (Lipinski definition) is 1. The van der Waals surface area contributed by atoms with Gasteiger partial charge in [-0.3, -0.25) is 0 Å². The normalized spacial score (nSPS) is 12.8. The lowest BCUT2D eigenvalue weighted by atomic mass is 9.95. The number of pyridine rings is 1. The largest absolute Gasteiger partial charge is 0.314 e. The van der Waals surface area contributed by atoms with E-state index in [2.05, 4.69) is 72.6 Å². The third kappa shape index (κ3) is 1.62. The van der Waals surface area contributed by atoms with Crippen LogP contribution < -0.4 is 4.57 Å². The minimum atomic E-state index is 0.912. The van der Waals surface area contributed by atoms with Gasteiger partial charge in [-0.2, -0.15) is 4.57 Å². The van der Waals surface area contributed by atoms with Crippen molar-refractivity contribution in [3.63, 3.8) is 0 Å². The third-order valence-corrected chi connectivity index (χ3v) is 5.41. The average Bonchev–Trinajstić information content (AvgIpc) is 3.11. The van der Waals surface area contributed by atoms with Gasteiger partial charge in [0.1, 0.15) is 5.69 Å². The van der Waals surface area contributed by atoms with Crippen LogP contribution in [0.1, 0.15) is 29.4 Å². The fraction of sp³-hybridized carbons (Fsp3) is 0.238. The Bertz CT molecular complexity index is 1140. The Kier molecular flexibility index (Phi) is 2.67. The number of benzene rings is 2. The minimum Gasteiger partial charge on any atom is -0.235 e. The standard InChI is InChI=1S/C21H20N3/c1-4-14-7-8-15-9-10-16-12-18-22-17-6-5-11-23(3)21(17)24(18)20(16)19(15)13(14)2/h5-11H,4,12H2,1-3H3/q+1. The van der Waals surface area contributed by atoms with Crippen LogP contribution in [-0.2, 0) is 19.9 Å². The van der Waals surface area contributed by atoms with Gasteiger partial charge in [0.15, 0.2) is 5.52 Å². The highest BCUT2D eigenvalue weighted by Crippen LogP contribution is 2.38. The van der Waals surface area contributed by atoms with Crippen LogP contribution in [0.2, 0.25) is 0 Å². The quantitative estimate of drug-likeness (QED) is 0.432. The van der Waals surface area contributed by atoms with Gasteiger partial charge in [0.2, 0.25) is 5.82 Å². The molecule has 3 heterocycles. The first-order chi connectivity index (χ1) is 11.7. The number of imidazole rings is 1. The molecule has 4 aromatic rings. The Hall–Kier alpha value is -2.68. The molecule has 0 spiro atoms. The number of hydrogen-bond donors (Lipinski definition) is 0. The molecule has 0 aliphatic carbocycles. The Morgan fingerprint density at radius 2 is 2.00 bits per heavy atom. The molecule has 1 aliphatic heterocycles. The second kappa shape index (κ2) is 4.67. The number of aromatic nitrogens is 3. The van der Waals surface area contributed by atoms with Crippen LogP contribution in [0.15, 0.2) is 42.6 Å². The van der Waals surface area contributed by atoms with Crippen LogP contribution in [0, 0.1) is 6.92 Å². The molecule has 1 aliphatic rings. The summed E-state index contributed by atoms with van der Waals surface area (Å²) in [5.41, 5.74) is 7.80. The molecule has 118 valence electrons. The molecule has 2 aromatic carbocycles. The zero-order chi connectivity index (χ0) is 16.4.